The van der Waals surface area contributed by atoms with Crippen molar-refractivity contribution in [3.63, 3.8) is 0 Å². The van der Waals surface area contributed by atoms with Gasteiger partial charge >= 0.3 is 0 Å². The predicted molar refractivity (Wildman–Crippen MR) is 81.3 cm³/mol. The summed E-state index contributed by atoms with van der Waals surface area (Å²) < 4.78 is 0. The molecule has 1 saturated carbocycles. The van der Waals surface area contributed by atoms with E-state index in [1.54, 1.807) is 0 Å². The molecule has 2 unspecified atom stereocenters. The number of hydrogen-bond acceptors (Lipinski definition) is 2. The molecule has 2 fully saturated rings. The van der Waals surface area contributed by atoms with Gasteiger partial charge in [0.25, 0.3) is 0 Å². The van der Waals surface area contributed by atoms with Gasteiger partial charge in [-0.1, -0.05) is 19.8 Å². The van der Waals surface area contributed by atoms with E-state index in [0.717, 1.165) is 31.8 Å². The molecule has 2 rings (SSSR count). The Kier molecular flexibility index (Phi) is 6.61. The number of nitrogens with two attached hydrogens (primary N) is 1. The van der Waals surface area contributed by atoms with Crippen molar-refractivity contribution >= 4 is 18.3 Å². The molecular formula is C15H29ClN2O. The van der Waals surface area contributed by atoms with Gasteiger partial charge in [-0.3, -0.25) is 4.79 Å². The maximum Gasteiger partial charge on any atom is 0.223 e. The number of hydrogen-bond donors (Lipinski definition) is 1. The van der Waals surface area contributed by atoms with Crippen molar-refractivity contribution in [2.75, 3.05) is 13.1 Å². The highest BCUT2D eigenvalue weighted by Crippen LogP contribution is 2.32. The number of rotatable bonds is 3. The topological polar surface area (TPSA) is 46.3 Å². The van der Waals surface area contributed by atoms with Crippen molar-refractivity contribution in [1.82, 2.24) is 4.90 Å². The van der Waals surface area contributed by atoms with Crippen LogP contribution in [-0.4, -0.2) is 29.9 Å². The molecule has 4 heteroatoms. The molecule has 0 bridgehead atoms. The van der Waals surface area contributed by atoms with Crippen LogP contribution in [0.25, 0.3) is 0 Å². The second kappa shape index (κ2) is 7.49. The number of likely N-dealkylation sites (tertiary alicyclic amines) is 1. The first-order chi connectivity index (χ1) is 8.60. The van der Waals surface area contributed by atoms with Crippen molar-refractivity contribution in [2.45, 2.75) is 58.4 Å². The SMILES string of the molecule is CC1CCC(CC(=O)N2CC(CN)CC2C)CC1.Cl. The zero-order valence-corrected chi connectivity index (χ0v) is 13.1. The fourth-order valence-electron chi connectivity index (χ4n) is 3.56. The molecule has 0 aromatic rings. The lowest BCUT2D eigenvalue weighted by atomic mass is 9.81. The van der Waals surface area contributed by atoms with E-state index < -0.39 is 0 Å². The van der Waals surface area contributed by atoms with E-state index >= 15 is 0 Å². The summed E-state index contributed by atoms with van der Waals surface area (Å²) in [4.78, 5) is 14.4. The summed E-state index contributed by atoms with van der Waals surface area (Å²) in [6.07, 6.45) is 6.96. The van der Waals surface area contributed by atoms with Gasteiger partial charge in [-0.05, 0) is 50.5 Å². The predicted octanol–water partition coefficient (Wildman–Crippen LogP) is 2.82. The van der Waals surface area contributed by atoms with Crippen LogP contribution in [0.5, 0.6) is 0 Å². The highest BCUT2D eigenvalue weighted by Gasteiger charge is 2.32. The molecule has 1 aliphatic carbocycles. The Morgan fingerprint density at radius 3 is 2.32 bits per heavy atom. The van der Waals surface area contributed by atoms with Gasteiger partial charge in [0.1, 0.15) is 0 Å². The Balaban J connectivity index is 0.00000180. The Labute approximate surface area is 123 Å². The Hall–Kier alpha value is -0.280. The standard InChI is InChI=1S/C15H28N2O.ClH/c1-11-3-5-13(6-4-11)8-15(18)17-10-14(9-16)7-12(17)2;/h11-14H,3-10,16H2,1-2H3;1H. The highest BCUT2D eigenvalue weighted by molar-refractivity contribution is 5.85. The highest BCUT2D eigenvalue weighted by atomic mass is 35.5. The second-order valence-corrected chi connectivity index (χ2v) is 6.56. The normalized spacial score (nSPS) is 35.0. The van der Waals surface area contributed by atoms with Crippen LogP contribution >= 0.6 is 12.4 Å². The Morgan fingerprint density at radius 1 is 1.16 bits per heavy atom. The molecule has 0 aromatic heterocycles. The first-order valence-electron chi connectivity index (χ1n) is 7.59. The van der Waals surface area contributed by atoms with Crippen molar-refractivity contribution in [3.8, 4) is 0 Å². The van der Waals surface area contributed by atoms with Gasteiger partial charge in [-0.15, -0.1) is 12.4 Å². The first kappa shape index (κ1) is 16.8. The van der Waals surface area contributed by atoms with Gasteiger partial charge < -0.3 is 10.6 Å². The van der Waals surface area contributed by atoms with E-state index in [9.17, 15) is 4.79 Å². The van der Waals surface area contributed by atoms with E-state index in [0.29, 0.717) is 23.8 Å². The maximum absolute atomic E-state index is 12.4. The van der Waals surface area contributed by atoms with Crippen LogP contribution < -0.4 is 5.73 Å². The minimum atomic E-state index is 0. The molecule has 2 aliphatic rings. The quantitative estimate of drug-likeness (QED) is 0.868. The van der Waals surface area contributed by atoms with Gasteiger partial charge in [0, 0.05) is 19.0 Å². The minimum Gasteiger partial charge on any atom is -0.340 e. The lowest BCUT2D eigenvalue weighted by Crippen LogP contribution is -2.36. The van der Waals surface area contributed by atoms with Crippen molar-refractivity contribution < 1.29 is 4.79 Å². The number of amides is 1. The number of carbonyl (C=O) groups is 1. The third kappa shape index (κ3) is 4.35. The third-order valence-electron chi connectivity index (χ3n) is 4.91. The second-order valence-electron chi connectivity index (χ2n) is 6.56. The maximum atomic E-state index is 12.4. The van der Waals surface area contributed by atoms with Gasteiger partial charge in [0.05, 0.1) is 0 Å². The Morgan fingerprint density at radius 2 is 1.79 bits per heavy atom. The van der Waals surface area contributed by atoms with E-state index in [1.807, 2.05) is 0 Å². The fourth-order valence-corrected chi connectivity index (χ4v) is 3.56. The summed E-state index contributed by atoms with van der Waals surface area (Å²) in [6, 6.07) is 0.397. The van der Waals surface area contributed by atoms with Crippen LogP contribution in [0.4, 0.5) is 0 Å². The monoisotopic (exact) mass is 288 g/mol. The van der Waals surface area contributed by atoms with Crippen LogP contribution in [0, 0.1) is 17.8 Å². The summed E-state index contributed by atoms with van der Waals surface area (Å²) in [5.41, 5.74) is 5.72. The van der Waals surface area contributed by atoms with Gasteiger partial charge in [0.15, 0.2) is 0 Å². The first-order valence-corrected chi connectivity index (χ1v) is 7.59. The van der Waals surface area contributed by atoms with Crippen LogP contribution in [0.2, 0.25) is 0 Å². The molecule has 0 radical (unpaired) electrons. The van der Waals surface area contributed by atoms with Gasteiger partial charge in [0.2, 0.25) is 5.91 Å². The molecule has 0 aromatic carbocycles. The van der Waals surface area contributed by atoms with Crippen LogP contribution in [0.15, 0.2) is 0 Å². The molecule has 2 N–H and O–H groups in total. The average molecular weight is 289 g/mol. The van der Waals surface area contributed by atoms with Gasteiger partial charge in [-0.25, -0.2) is 0 Å². The van der Waals surface area contributed by atoms with E-state index in [1.165, 1.54) is 25.7 Å². The van der Waals surface area contributed by atoms with E-state index in [-0.39, 0.29) is 12.4 Å². The summed E-state index contributed by atoms with van der Waals surface area (Å²) in [6.45, 7) is 6.09. The molecule has 1 heterocycles. The van der Waals surface area contributed by atoms with Gasteiger partial charge in [-0.2, -0.15) is 0 Å². The molecule has 3 nitrogen and oxygen atoms in total. The minimum absolute atomic E-state index is 0. The van der Waals surface area contributed by atoms with E-state index in [4.69, 9.17) is 5.73 Å². The summed E-state index contributed by atoms with van der Waals surface area (Å²) in [7, 11) is 0. The summed E-state index contributed by atoms with van der Waals surface area (Å²) in [5, 5.41) is 0. The van der Waals surface area contributed by atoms with Crippen LogP contribution in [0.1, 0.15) is 52.4 Å². The van der Waals surface area contributed by atoms with Crippen LogP contribution in [-0.2, 0) is 4.79 Å². The molecule has 112 valence electrons. The molecule has 1 amide bonds. The lowest BCUT2D eigenvalue weighted by Gasteiger charge is -2.28. The molecule has 2 atom stereocenters. The molecular weight excluding hydrogens is 260 g/mol. The lowest BCUT2D eigenvalue weighted by molar-refractivity contribution is -0.133. The third-order valence-corrected chi connectivity index (χ3v) is 4.91. The Bertz CT molecular complexity index is 290. The van der Waals surface area contributed by atoms with Crippen molar-refractivity contribution in [3.05, 3.63) is 0 Å². The van der Waals surface area contributed by atoms with Crippen molar-refractivity contribution in [1.29, 1.82) is 0 Å². The smallest absolute Gasteiger partial charge is 0.223 e. The zero-order chi connectivity index (χ0) is 13.1. The summed E-state index contributed by atoms with van der Waals surface area (Å²) >= 11 is 0. The summed E-state index contributed by atoms with van der Waals surface area (Å²) in [5.74, 6) is 2.40. The van der Waals surface area contributed by atoms with E-state index in [2.05, 4.69) is 18.7 Å². The number of halogens is 1. The average Bonchev–Trinajstić information content (AvgIpc) is 2.73. The molecule has 0 spiro atoms. The molecule has 19 heavy (non-hydrogen) atoms. The number of carbonyl (C=O) groups excluding carboxylic acids is 1. The molecule has 1 saturated heterocycles. The fraction of sp³-hybridized carbons (Fsp3) is 0.933. The largest absolute Gasteiger partial charge is 0.340 e. The zero-order valence-electron chi connectivity index (χ0n) is 12.3. The molecule has 1 aliphatic heterocycles. The number of nitrogens with zero attached hydrogens (tertiary/aromatic N) is 1. The van der Waals surface area contributed by atoms with Crippen molar-refractivity contribution in [2.24, 2.45) is 23.5 Å². The van der Waals surface area contributed by atoms with Crippen LogP contribution in [0.3, 0.4) is 0 Å².